The third-order valence-electron chi connectivity index (χ3n) is 5.79. The van der Waals surface area contributed by atoms with Crippen molar-refractivity contribution in [2.45, 2.75) is 33.6 Å². The van der Waals surface area contributed by atoms with E-state index in [1.54, 1.807) is 6.20 Å². The van der Waals surface area contributed by atoms with Crippen LogP contribution in [0.15, 0.2) is 83.8 Å². The molecule has 0 saturated carbocycles. The smallest absolute Gasteiger partial charge is 0.261 e. The fraction of sp³-hybridized carbons (Fsp3) is 0.179. The maximum atomic E-state index is 13.7. The Labute approximate surface area is 193 Å². The lowest BCUT2D eigenvalue weighted by Gasteiger charge is -2.21. The van der Waals surface area contributed by atoms with Crippen LogP contribution in [0.5, 0.6) is 0 Å². The Hall–Kier alpha value is -3.99. The van der Waals surface area contributed by atoms with Crippen LogP contribution in [0.1, 0.15) is 41.0 Å². The SMILES string of the molecule is CCc1cccc(CC)c1NC(=O)c1c(-c2ccccn2)n(-c2ccccc2)c(C)cc1=O. The number of amides is 1. The van der Waals surface area contributed by atoms with Gasteiger partial charge in [-0.3, -0.25) is 14.6 Å². The molecule has 5 nitrogen and oxygen atoms in total. The molecule has 2 aromatic heterocycles. The maximum absolute atomic E-state index is 13.7. The molecule has 0 bridgehead atoms. The largest absolute Gasteiger partial charge is 0.321 e. The molecule has 0 aliphatic heterocycles. The Morgan fingerprint density at radius 2 is 1.58 bits per heavy atom. The second kappa shape index (κ2) is 9.65. The first-order valence-corrected chi connectivity index (χ1v) is 11.2. The average Bonchev–Trinajstić information content (AvgIpc) is 2.84. The third-order valence-corrected chi connectivity index (χ3v) is 5.79. The number of aryl methyl sites for hydroxylation is 3. The van der Waals surface area contributed by atoms with Crippen molar-refractivity contribution in [3.8, 4) is 17.1 Å². The summed E-state index contributed by atoms with van der Waals surface area (Å²) in [7, 11) is 0. The van der Waals surface area contributed by atoms with Crippen molar-refractivity contribution < 1.29 is 4.79 Å². The number of carbonyl (C=O) groups is 1. The molecule has 33 heavy (non-hydrogen) atoms. The minimum absolute atomic E-state index is 0.0797. The van der Waals surface area contributed by atoms with Gasteiger partial charge in [0.15, 0.2) is 5.43 Å². The van der Waals surface area contributed by atoms with Gasteiger partial charge in [-0.15, -0.1) is 0 Å². The van der Waals surface area contributed by atoms with Crippen molar-refractivity contribution in [2.24, 2.45) is 0 Å². The summed E-state index contributed by atoms with van der Waals surface area (Å²) < 4.78 is 1.92. The molecule has 0 atom stereocenters. The second-order valence-corrected chi connectivity index (χ2v) is 7.87. The van der Waals surface area contributed by atoms with Crippen LogP contribution in [0, 0.1) is 6.92 Å². The molecule has 0 aliphatic rings. The molecule has 0 spiro atoms. The van der Waals surface area contributed by atoms with E-state index in [0.717, 1.165) is 41.0 Å². The summed E-state index contributed by atoms with van der Waals surface area (Å²) in [6.07, 6.45) is 3.22. The Morgan fingerprint density at radius 1 is 0.909 bits per heavy atom. The number of pyridine rings is 2. The summed E-state index contributed by atoms with van der Waals surface area (Å²) in [5, 5.41) is 3.07. The lowest BCUT2D eigenvalue weighted by atomic mass is 10.0. The van der Waals surface area contributed by atoms with E-state index < -0.39 is 5.91 Å². The van der Waals surface area contributed by atoms with E-state index in [1.807, 2.05) is 78.2 Å². The maximum Gasteiger partial charge on any atom is 0.261 e. The molecular weight excluding hydrogens is 410 g/mol. The Bertz CT molecular complexity index is 1320. The van der Waals surface area contributed by atoms with Gasteiger partial charge in [0.2, 0.25) is 0 Å². The number of aromatic nitrogens is 2. The Balaban J connectivity index is 1.96. The minimum Gasteiger partial charge on any atom is -0.321 e. The summed E-state index contributed by atoms with van der Waals surface area (Å²) in [5.41, 5.74) is 5.24. The quantitative estimate of drug-likeness (QED) is 0.428. The highest BCUT2D eigenvalue weighted by atomic mass is 16.2. The highest BCUT2D eigenvalue weighted by molar-refractivity contribution is 6.08. The summed E-state index contributed by atoms with van der Waals surface area (Å²) >= 11 is 0. The van der Waals surface area contributed by atoms with Crippen LogP contribution in [-0.2, 0) is 12.8 Å². The number of para-hydroxylation sites is 2. The number of rotatable bonds is 6. The third kappa shape index (κ3) is 4.35. The summed E-state index contributed by atoms with van der Waals surface area (Å²) in [4.78, 5) is 31.5. The monoisotopic (exact) mass is 437 g/mol. The van der Waals surface area contributed by atoms with Crippen molar-refractivity contribution in [2.75, 3.05) is 5.32 Å². The van der Waals surface area contributed by atoms with Gasteiger partial charge < -0.3 is 9.88 Å². The van der Waals surface area contributed by atoms with Crippen LogP contribution >= 0.6 is 0 Å². The van der Waals surface area contributed by atoms with Crippen LogP contribution in [0.25, 0.3) is 17.1 Å². The summed E-state index contributed by atoms with van der Waals surface area (Å²) in [5.74, 6) is -0.430. The number of hydrogen-bond acceptors (Lipinski definition) is 3. The molecule has 4 rings (SSSR count). The van der Waals surface area contributed by atoms with E-state index in [1.165, 1.54) is 6.07 Å². The average molecular weight is 438 g/mol. The van der Waals surface area contributed by atoms with E-state index in [4.69, 9.17) is 0 Å². The van der Waals surface area contributed by atoms with Crippen LogP contribution in [0.3, 0.4) is 0 Å². The van der Waals surface area contributed by atoms with Gasteiger partial charge in [0.25, 0.3) is 5.91 Å². The molecule has 0 unspecified atom stereocenters. The molecule has 0 saturated heterocycles. The molecule has 166 valence electrons. The topological polar surface area (TPSA) is 64.0 Å². The van der Waals surface area contributed by atoms with E-state index in [0.29, 0.717) is 11.4 Å². The van der Waals surface area contributed by atoms with Gasteiger partial charge in [0, 0.05) is 29.3 Å². The standard InChI is InChI=1S/C28H27N3O2/c1-4-20-12-11-13-21(5-2)26(20)30-28(33)25-24(32)18-19(3)31(22-14-7-6-8-15-22)27(25)23-16-9-10-17-29-23/h6-18H,4-5H2,1-3H3,(H,30,33). The van der Waals surface area contributed by atoms with Crippen LogP contribution in [0.2, 0.25) is 0 Å². The van der Waals surface area contributed by atoms with Crippen LogP contribution in [-0.4, -0.2) is 15.5 Å². The number of anilines is 1. The molecular formula is C28H27N3O2. The molecule has 2 aromatic carbocycles. The fourth-order valence-electron chi connectivity index (χ4n) is 4.19. The number of nitrogens with one attached hydrogen (secondary N) is 1. The number of hydrogen-bond donors (Lipinski definition) is 1. The molecule has 1 amide bonds. The zero-order chi connectivity index (χ0) is 23.4. The molecule has 5 heteroatoms. The van der Waals surface area contributed by atoms with Crippen LogP contribution < -0.4 is 10.7 Å². The fourth-order valence-corrected chi connectivity index (χ4v) is 4.19. The first-order chi connectivity index (χ1) is 16.0. The van der Waals surface area contributed by atoms with E-state index in [9.17, 15) is 9.59 Å². The summed E-state index contributed by atoms with van der Waals surface area (Å²) in [6.45, 7) is 5.97. The van der Waals surface area contributed by atoms with Gasteiger partial charge in [-0.1, -0.05) is 56.3 Å². The predicted octanol–water partition coefficient (Wildman–Crippen LogP) is 5.59. The normalized spacial score (nSPS) is 10.8. The lowest BCUT2D eigenvalue weighted by Crippen LogP contribution is -2.27. The van der Waals surface area contributed by atoms with Crippen molar-refractivity contribution in [3.63, 3.8) is 0 Å². The molecule has 2 heterocycles. The molecule has 1 N–H and O–H groups in total. The molecule has 0 aliphatic carbocycles. The second-order valence-electron chi connectivity index (χ2n) is 7.87. The predicted molar refractivity (Wildman–Crippen MR) is 133 cm³/mol. The van der Waals surface area contributed by atoms with E-state index >= 15 is 0 Å². The minimum atomic E-state index is -0.430. The number of nitrogens with zero attached hydrogens (tertiary/aromatic N) is 2. The van der Waals surface area contributed by atoms with Gasteiger partial charge in [0.05, 0.1) is 11.4 Å². The van der Waals surface area contributed by atoms with Crippen molar-refractivity contribution in [1.82, 2.24) is 9.55 Å². The van der Waals surface area contributed by atoms with Gasteiger partial charge in [-0.05, 0) is 55.2 Å². The number of benzene rings is 2. The van der Waals surface area contributed by atoms with Gasteiger partial charge >= 0.3 is 0 Å². The Kier molecular flexibility index (Phi) is 6.50. The van der Waals surface area contributed by atoms with Gasteiger partial charge in [0.1, 0.15) is 5.56 Å². The lowest BCUT2D eigenvalue weighted by molar-refractivity contribution is 0.102. The Morgan fingerprint density at radius 3 is 2.18 bits per heavy atom. The van der Waals surface area contributed by atoms with Crippen molar-refractivity contribution in [3.05, 3.63) is 112 Å². The first kappa shape index (κ1) is 22.2. The van der Waals surface area contributed by atoms with Gasteiger partial charge in [-0.2, -0.15) is 0 Å². The molecule has 0 radical (unpaired) electrons. The zero-order valence-electron chi connectivity index (χ0n) is 19.1. The highest BCUT2D eigenvalue weighted by Crippen LogP contribution is 2.28. The van der Waals surface area contributed by atoms with E-state index in [-0.39, 0.29) is 11.0 Å². The van der Waals surface area contributed by atoms with Crippen molar-refractivity contribution in [1.29, 1.82) is 0 Å². The first-order valence-electron chi connectivity index (χ1n) is 11.2. The zero-order valence-corrected chi connectivity index (χ0v) is 19.1. The molecule has 4 aromatic rings. The highest BCUT2D eigenvalue weighted by Gasteiger charge is 2.24. The van der Waals surface area contributed by atoms with Crippen molar-refractivity contribution >= 4 is 11.6 Å². The van der Waals surface area contributed by atoms with Gasteiger partial charge in [-0.25, -0.2) is 0 Å². The van der Waals surface area contributed by atoms with Crippen LogP contribution in [0.4, 0.5) is 5.69 Å². The molecule has 0 fully saturated rings. The summed E-state index contributed by atoms with van der Waals surface area (Å²) in [6, 6.07) is 22.7. The number of carbonyl (C=O) groups excluding carboxylic acids is 1. The van der Waals surface area contributed by atoms with E-state index in [2.05, 4.69) is 24.1 Å².